The van der Waals surface area contributed by atoms with Crippen molar-refractivity contribution in [2.24, 2.45) is 5.92 Å². The second-order valence-corrected chi connectivity index (χ2v) is 7.17. The lowest BCUT2D eigenvalue weighted by atomic mass is 9.96. The van der Waals surface area contributed by atoms with Gasteiger partial charge in [0.25, 0.3) is 5.91 Å². The van der Waals surface area contributed by atoms with E-state index < -0.39 is 0 Å². The second-order valence-electron chi connectivity index (χ2n) is 7.17. The van der Waals surface area contributed by atoms with Crippen LogP contribution in [0.3, 0.4) is 0 Å². The van der Waals surface area contributed by atoms with Crippen LogP contribution in [0.2, 0.25) is 0 Å². The van der Waals surface area contributed by atoms with Gasteiger partial charge in [-0.3, -0.25) is 9.48 Å². The standard InChI is InChI=1S/C19H24N4O2/c1-14-4-6-17-16(9-14)5-7-18(25-17)19(24)22-8-2-3-15(10-22)11-23-13-20-12-21-23/h4,6,9,12-13,15,18H,2-3,5,7-8,10-11H2,1H3/t15-,18-/m0/s1. The molecule has 1 amide bonds. The first-order valence-corrected chi connectivity index (χ1v) is 9.06. The van der Waals surface area contributed by atoms with Gasteiger partial charge < -0.3 is 9.64 Å². The molecule has 0 unspecified atom stereocenters. The van der Waals surface area contributed by atoms with Crippen LogP contribution in [0.1, 0.15) is 30.4 Å². The van der Waals surface area contributed by atoms with Crippen molar-refractivity contribution in [3.63, 3.8) is 0 Å². The summed E-state index contributed by atoms with van der Waals surface area (Å²) < 4.78 is 7.88. The van der Waals surface area contributed by atoms with E-state index in [2.05, 4.69) is 23.1 Å². The predicted molar refractivity (Wildman–Crippen MR) is 93.2 cm³/mol. The van der Waals surface area contributed by atoms with E-state index in [0.717, 1.165) is 51.1 Å². The van der Waals surface area contributed by atoms with Crippen molar-refractivity contribution in [1.29, 1.82) is 0 Å². The van der Waals surface area contributed by atoms with Crippen LogP contribution >= 0.6 is 0 Å². The lowest BCUT2D eigenvalue weighted by molar-refractivity contribution is -0.141. The van der Waals surface area contributed by atoms with Gasteiger partial charge in [-0.1, -0.05) is 17.7 Å². The highest BCUT2D eigenvalue weighted by molar-refractivity contribution is 5.81. The Balaban J connectivity index is 1.39. The Morgan fingerprint density at radius 1 is 1.36 bits per heavy atom. The smallest absolute Gasteiger partial charge is 0.263 e. The van der Waals surface area contributed by atoms with Gasteiger partial charge >= 0.3 is 0 Å². The van der Waals surface area contributed by atoms with Crippen LogP contribution in [-0.2, 0) is 17.8 Å². The van der Waals surface area contributed by atoms with Gasteiger partial charge in [0.05, 0.1) is 0 Å². The Kier molecular flexibility index (Phi) is 4.42. The molecule has 6 heteroatoms. The molecule has 0 saturated carbocycles. The largest absolute Gasteiger partial charge is 0.480 e. The fraction of sp³-hybridized carbons (Fsp3) is 0.526. The summed E-state index contributed by atoms with van der Waals surface area (Å²) in [7, 11) is 0. The number of hydrogen-bond acceptors (Lipinski definition) is 4. The average Bonchev–Trinajstić information content (AvgIpc) is 3.14. The highest BCUT2D eigenvalue weighted by Crippen LogP contribution is 2.30. The monoisotopic (exact) mass is 340 g/mol. The Morgan fingerprint density at radius 2 is 2.28 bits per heavy atom. The van der Waals surface area contributed by atoms with Crippen LogP contribution in [0.15, 0.2) is 30.9 Å². The van der Waals surface area contributed by atoms with Crippen molar-refractivity contribution >= 4 is 5.91 Å². The van der Waals surface area contributed by atoms with Crippen LogP contribution in [0.25, 0.3) is 0 Å². The maximum atomic E-state index is 12.9. The molecule has 0 spiro atoms. The minimum Gasteiger partial charge on any atom is -0.480 e. The number of fused-ring (bicyclic) bond motifs is 1. The summed E-state index contributed by atoms with van der Waals surface area (Å²) in [5, 5.41) is 4.18. The normalized spacial score (nSPS) is 23.0. The van der Waals surface area contributed by atoms with E-state index in [4.69, 9.17) is 4.74 Å². The molecule has 4 rings (SSSR count). The number of aromatic nitrogens is 3. The van der Waals surface area contributed by atoms with E-state index in [1.54, 1.807) is 12.7 Å². The molecule has 1 aromatic carbocycles. The van der Waals surface area contributed by atoms with Crippen LogP contribution in [0.4, 0.5) is 0 Å². The quantitative estimate of drug-likeness (QED) is 0.860. The third-order valence-corrected chi connectivity index (χ3v) is 5.18. The molecule has 0 bridgehead atoms. The van der Waals surface area contributed by atoms with E-state index >= 15 is 0 Å². The first-order chi connectivity index (χ1) is 12.2. The molecule has 0 aliphatic carbocycles. The van der Waals surface area contributed by atoms with Gasteiger partial charge in [0.1, 0.15) is 18.4 Å². The highest BCUT2D eigenvalue weighted by Gasteiger charge is 2.32. The zero-order chi connectivity index (χ0) is 17.2. The summed E-state index contributed by atoms with van der Waals surface area (Å²) in [6.07, 6.45) is 6.78. The number of hydrogen-bond donors (Lipinski definition) is 0. The predicted octanol–water partition coefficient (Wildman–Crippen LogP) is 2.22. The third kappa shape index (κ3) is 3.52. The van der Waals surface area contributed by atoms with Crippen LogP contribution in [0.5, 0.6) is 5.75 Å². The lowest BCUT2D eigenvalue weighted by Gasteiger charge is -2.36. The number of amides is 1. The molecule has 2 atom stereocenters. The van der Waals surface area contributed by atoms with Crippen LogP contribution < -0.4 is 4.74 Å². The summed E-state index contributed by atoms with van der Waals surface area (Å²) in [6, 6.07) is 6.19. The number of benzene rings is 1. The molecule has 1 saturated heterocycles. The van der Waals surface area contributed by atoms with Gasteiger partial charge in [-0.2, -0.15) is 5.10 Å². The molecule has 0 radical (unpaired) electrons. The summed E-state index contributed by atoms with van der Waals surface area (Å²) in [4.78, 5) is 18.9. The van der Waals surface area contributed by atoms with Crippen molar-refractivity contribution in [2.45, 2.75) is 45.3 Å². The first-order valence-electron chi connectivity index (χ1n) is 9.06. The molecule has 1 fully saturated rings. The van der Waals surface area contributed by atoms with E-state index in [9.17, 15) is 4.79 Å². The number of nitrogens with zero attached hydrogens (tertiary/aromatic N) is 4. The topological polar surface area (TPSA) is 60.2 Å². The second kappa shape index (κ2) is 6.86. The van der Waals surface area contributed by atoms with Crippen molar-refractivity contribution in [1.82, 2.24) is 19.7 Å². The van der Waals surface area contributed by atoms with Crippen molar-refractivity contribution in [3.05, 3.63) is 42.0 Å². The number of rotatable bonds is 3. The number of carbonyl (C=O) groups excluding carboxylic acids is 1. The fourth-order valence-electron chi connectivity index (χ4n) is 3.90. The molecule has 132 valence electrons. The van der Waals surface area contributed by atoms with Crippen molar-refractivity contribution in [3.8, 4) is 5.75 Å². The molecular weight excluding hydrogens is 316 g/mol. The molecule has 6 nitrogen and oxygen atoms in total. The molecule has 2 aliphatic heterocycles. The number of aryl methyl sites for hydroxylation is 2. The Morgan fingerprint density at radius 3 is 3.12 bits per heavy atom. The minimum atomic E-state index is -0.347. The van der Waals surface area contributed by atoms with Gasteiger partial charge in [-0.05, 0) is 50.2 Å². The first kappa shape index (κ1) is 16.1. The van der Waals surface area contributed by atoms with Crippen LogP contribution in [-0.4, -0.2) is 44.8 Å². The van der Waals surface area contributed by atoms with Gasteiger partial charge in [0.2, 0.25) is 0 Å². The van der Waals surface area contributed by atoms with Crippen molar-refractivity contribution in [2.75, 3.05) is 13.1 Å². The summed E-state index contributed by atoms with van der Waals surface area (Å²) in [5.74, 6) is 1.43. The van der Waals surface area contributed by atoms with Gasteiger partial charge in [0.15, 0.2) is 6.10 Å². The molecule has 1 aromatic heterocycles. The van der Waals surface area contributed by atoms with Crippen molar-refractivity contribution < 1.29 is 9.53 Å². The van der Waals surface area contributed by atoms with Gasteiger partial charge in [-0.25, -0.2) is 4.98 Å². The Bertz CT molecular complexity index is 744. The highest BCUT2D eigenvalue weighted by atomic mass is 16.5. The minimum absolute atomic E-state index is 0.134. The number of carbonyl (C=O) groups is 1. The third-order valence-electron chi connectivity index (χ3n) is 5.18. The zero-order valence-corrected chi connectivity index (χ0v) is 14.6. The Hall–Kier alpha value is -2.37. The number of ether oxygens (including phenoxy) is 1. The van der Waals surface area contributed by atoms with E-state index in [-0.39, 0.29) is 12.0 Å². The van der Waals surface area contributed by atoms with E-state index in [1.165, 1.54) is 11.1 Å². The summed E-state index contributed by atoms with van der Waals surface area (Å²) >= 11 is 0. The zero-order valence-electron chi connectivity index (χ0n) is 14.6. The molecule has 0 N–H and O–H groups in total. The molecule has 2 aliphatic rings. The molecule has 3 heterocycles. The van der Waals surface area contributed by atoms with E-state index in [1.807, 2.05) is 21.7 Å². The molecule has 25 heavy (non-hydrogen) atoms. The maximum Gasteiger partial charge on any atom is 0.263 e. The Labute approximate surface area is 147 Å². The lowest BCUT2D eigenvalue weighted by Crippen LogP contribution is -2.48. The van der Waals surface area contributed by atoms with E-state index in [0.29, 0.717) is 5.92 Å². The maximum absolute atomic E-state index is 12.9. The summed E-state index contributed by atoms with van der Waals surface area (Å²) in [6.45, 7) is 4.50. The summed E-state index contributed by atoms with van der Waals surface area (Å²) in [5.41, 5.74) is 2.45. The fourth-order valence-corrected chi connectivity index (χ4v) is 3.90. The molecular formula is C19H24N4O2. The average molecular weight is 340 g/mol. The van der Waals surface area contributed by atoms with Gasteiger partial charge in [-0.15, -0.1) is 0 Å². The number of likely N-dealkylation sites (tertiary alicyclic amines) is 1. The SMILES string of the molecule is Cc1ccc2c(c1)CC[C@@H](C(=O)N1CCC[C@H](Cn3cncn3)C1)O2. The van der Waals surface area contributed by atoms with Gasteiger partial charge in [0, 0.05) is 19.6 Å². The number of piperidine rings is 1. The molecule has 2 aromatic rings. The van der Waals surface area contributed by atoms with Crippen LogP contribution in [0, 0.1) is 12.8 Å².